The van der Waals surface area contributed by atoms with Crippen molar-refractivity contribution < 1.29 is 8.83 Å². The van der Waals surface area contributed by atoms with E-state index in [0.29, 0.717) is 0 Å². The molecule has 0 fully saturated rings. The number of fused-ring (bicyclic) bond motifs is 9. The molecule has 2 heterocycles. The average molecular weight is 678 g/mol. The Hall–Kier alpha value is -7.10. The fraction of sp³-hybridized carbons (Fsp3) is 0. The zero-order chi connectivity index (χ0) is 34.9. The molecule has 0 radical (unpaired) electrons. The predicted molar refractivity (Wildman–Crippen MR) is 222 cm³/mol. The highest BCUT2D eigenvalue weighted by molar-refractivity contribution is 6.19. The first-order chi connectivity index (χ1) is 26.3. The Morgan fingerprint density at radius 1 is 0.321 bits per heavy atom. The minimum Gasteiger partial charge on any atom is -0.455 e. The molecule has 0 unspecified atom stereocenters. The lowest BCUT2D eigenvalue weighted by atomic mass is 9.94. The summed E-state index contributed by atoms with van der Waals surface area (Å²) < 4.78 is 13.2. The van der Waals surface area contributed by atoms with Gasteiger partial charge in [0.2, 0.25) is 0 Å². The van der Waals surface area contributed by atoms with Crippen LogP contribution in [0.2, 0.25) is 0 Å². The van der Waals surface area contributed by atoms with Gasteiger partial charge < -0.3 is 13.7 Å². The Labute approximate surface area is 305 Å². The first-order valence-corrected chi connectivity index (χ1v) is 18.0. The molecule has 3 nitrogen and oxygen atoms in total. The number of para-hydroxylation sites is 2. The van der Waals surface area contributed by atoms with E-state index in [9.17, 15) is 0 Å². The quantitative estimate of drug-likeness (QED) is 0.182. The van der Waals surface area contributed by atoms with Gasteiger partial charge in [0.1, 0.15) is 16.7 Å². The summed E-state index contributed by atoms with van der Waals surface area (Å²) in [7, 11) is 0. The van der Waals surface area contributed by atoms with Gasteiger partial charge in [0.25, 0.3) is 0 Å². The number of hydrogen-bond donors (Lipinski definition) is 0. The summed E-state index contributed by atoms with van der Waals surface area (Å²) in [4.78, 5) is 2.34. The third-order valence-corrected chi connectivity index (χ3v) is 10.7. The Morgan fingerprint density at radius 3 is 1.79 bits per heavy atom. The van der Waals surface area contributed by atoms with Crippen LogP contribution in [0.1, 0.15) is 0 Å². The van der Waals surface area contributed by atoms with Crippen molar-refractivity contribution in [2.75, 3.05) is 4.90 Å². The second-order valence-electron chi connectivity index (χ2n) is 13.7. The molecule has 0 saturated carbocycles. The molecule has 0 aliphatic carbocycles. The summed E-state index contributed by atoms with van der Waals surface area (Å²) in [5, 5.41) is 9.07. The monoisotopic (exact) mass is 677 g/mol. The van der Waals surface area contributed by atoms with Crippen LogP contribution in [0.15, 0.2) is 197 Å². The molecule has 0 N–H and O–H groups in total. The molecular weight excluding hydrogens is 647 g/mol. The highest BCUT2D eigenvalue weighted by Gasteiger charge is 2.22. The third kappa shape index (κ3) is 4.68. The molecule has 0 aliphatic rings. The van der Waals surface area contributed by atoms with Crippen LogP contribution in [0.25, 0.3) is 87.7 Å². The zero-order valence-corrected chi connectivity index (χ0v) is 28.7. The number of hydrogen-bond acceptors (Lipinski definition) is 3. The molecule has 0 atom stereocenters. The number of furan rings is 2. The van der Waals surface area contributed by atoms with Crippen LogP contribution in [0.4, 0.5) is 17.1 Å². The number of rotatable bonds is 5. The summed E-state index contributed by atoms with van der Waals surface area (Å²) in [6, 6.07) is 66.7. The van der Waals surface area contributed by atoms with Crippen LogP contribution in [0.3, 0.4) is 0 Å². The van der Waals surface area contributed by atoms with Gasteiger partial charge in [0.05, 0.1) is 11.4 Å². The fourth-order valence-corrected chi connectivity index (χ4v) is 8.16. The highest BCUT2D eigenvalue weighted by Crippen LogP contribution is 2.46. The van der Waals surface area contributed by atoms with Crippen molar-refractivity contribution in [3.05, 3.63) is 188 Å². The van der Waals surface area contributed by atoms with Gasteiger partial charge in [0.15, 0.2) is 5.58 Å². The largest absolute Gasteiger partial charge is 0.455 e. The average Bonchev–Trinajstić information content (AvgIpc) is 3.80. The molecule has 11 aromatic rings. The minimum atomic E-state index is 0.865. The van der Waals surface area contributed by atoms with Crippen molar-refractivity contribution in [2.45, 2.75) is 0 Å². The van der Waals surface area contributed by atoms with Gasteiger partial charge >= 0.3 is 0 Å². The summed E-state index contributed by atoms with van der Waals surface area (Å²) in [5.74, 6) is 0. The molecule has 53 heavy (non-hydrogen) atoms. The molecular formula is C50H31NO2. The zero-order valence-electron chi connectivity index (χ0n) is 28.7. The Balaban J connectivity index is 1.11. The van der Waals surface area contributed by atoms with Gasteiger partial charge in [-0.2, -0.15) is 0 Å². The fourth-order valence-electron chi connectivity index (χ4n) is 8.16. The first-order valence-electron chi connectivity index (χ1n) is 18.0. The van der Waals surface area contributed by atoms with E-state index in [4.69, 9.17) is 8.83 Å². The van der Waals surface area contributed by atoms with E-state index in [-0.39, 0.29) is 0 Å². The SMILES string of the molecule is c1ccc(-c2ccc3oc4c5ccccc5c(-c5ccc(N(c6cccc7ccccc67)c6cccc7c6oc6ccccc67)cc5)cc4c3c2)cc1. The number of anilines is 3. The predicted octanol–water partition coefficient (Wildman–Crippen LogP) is 14.6. The maximum Gasteiger partial charge on any atom is 0.159 e. The smallest absolute Gasteiger partial charge is 0.159 e. The molecule has 0 spiro atoms. The van der Waals surface area contributed by atoms with E-state index < -0.39 is 0 Å². The maximum atomic E-state index is 6.62. The van der Waals surface area contributed by atoms with Crippen LogP contribution in [-0.2, 0) is 0 Å². The second kappa shape index (κ2) is 11.7. The molecule has 0 aliphatic heterocycles. The number of nitrogens with zero attached hydrogens (tertiary/aromatic N) is 1. The Kier molecular flexibility index (Phi) is 6.55. The molecule has 0 saturated heterocycles. The number of benzene rings is 9. The summed E-state index contributed by atoms with van der Waals surface area (Å²) >= 11 is 0. The standard InChI is InChI=1S/C50H31NO2/c1-2-12-32(13-3-1)35-26-29-48-43(30-35)44-31-42(38-17-6-7-19-40(38)49(44)52-48)34-24-27-36(28-25-34)51(45-21-10-15-33-14-4-5-16-37(33)45)46-22-11-20-41-39-18-8-9-23-47(39)53-50(41)46/h1-31H. The van der Waals surface area contributed by atoms with Crippen LogP contribution < -0.4 is 4.90 Å². The topological polar surface area (TPSA) is 29.5 Å². The molecule has 3 heteroatoms. The Morgan fingerprint density at radius 2 is 0.925 bits per heavy atom. The van der Waals surface area contributed by atoms with Gasteiger partial charge in [-0.15, -0.1) is 0 Å². The first kappa shape index (κ1) is 29.6. The minimum absolute atomic E-state index is 0.865. The lowest BCUT2D eigenvalue weighted by Gasteiger charge is -2.27. The lowest BCUT2D eigenvalue weighted by Crippen LogP contribution is -2.10. The van der Waals surface area contributed by atoms with Crippen molar-refractivity contribution in [1.82, 2.24) is 0 Å². The van der Waals surface area contributed by atoms with Crippen molar-refractivity contribution in [1.29, 1.82) is 0 Å². The van der Waals surface area contributed by atoms with Crippen LogP contribution in [-0.4, -0.2) is 0 Å². The van der Waals surface area contributed by atoms with Crippen molar-refractivity contribution >= 4 is 82.5 Å². The highest BCUT2D eigenvalue weighted by atomic mass is 16.3. The maximum absolute atomic E-state index is 6.62. The molecule has 0 amide bonds. The molecule has 9 aromatic carbocycles. The van der Waals surface area contributed by atoms with E-state index in [1.807, 2.05) is 12.1 Å². The van der Waals surface area contributed by atoms with E-state index in [2.05, 4.69) is 181 Å². The van der Waals surface area contributed by atoms with Crippen molar-refractivity contribution in [3.63, 3.8) is 0 Å². The van der Waals surface area contributed by atoms with Crippen molar-refractivity contribution in [3.8, 4) is 22.3 Å². The van der Waals surface area contributed by atoms with Gasteiger partial charge in [-0.05, 0) is 81.6 Å². The van der Waals surface area contributed by atoms with E-state index in [0.717, 1.165) is 77.3 Å². The molecule has 248 valence electrons. The van der Waals surface area contributed by atoms with Crippen molar-refractivity contribution in [2.24, 2.45) is 0 Å². The summed E-state index contributed by atoms with van der Waals surface area (Å²) in [6.45, 7) is 0. The summed E-state index contributed by atoms with van der Waals surface area (Å²) in [5.41, 5.74) is 11.4. The molecule has 11 rings (SSSR count). The Bertz CT molecular complexity index is 3160. The second-order valence-corrected chi connectivity index (χ2v) is 13.7. The normalized spacial score (nSPS) is 11.8. The molecule has 2 aromatic heterocycles. The van der Waals surface area contributed by atoms with Crippen LogP contribution >= 0.6 is 0 Å². The van der Waals surface area contributed by atoms with Gasteiger partial charge in [-0.1, -0.05) is 140 Å². The van der Waals surface area contributed by atoms with Crippen LogP contribution in [0.5, 0.6) is 0 Å². The van der Waals surface area contributed by atoms with E-state index >= 15 is 0 Å². The van der Waals surface area contributed by atoms with Gasteiger partial charge in [-0.25, -0.2) is 0 Å². The third-order valence-electron chi connectivity index (χ3n) is 10.7. The van der Waals surface area contributed by atoms with Gasteiger partial charge in [0, 0.05) is 38.0 Å². The van der Waals surface area contributed by atoms with Crippen LogP contribution in [0, 0.1) is 0 Å². The van der Waals surface area contributed by atoms with E-state index in [1.165, 1.54) is 27.5 Å². The lowest BCUT2D eigenvalue weighted by molar-refractivity contribution is 0.669. The van der Waals surface area contributed by atoms with Gasteiger partial charge in [-0.3, -0.25) is 0 Å². The summed E-state index contributed by atoms with van der Waals surface area (Å²) in [6.07, 6.45) is 0. The molecule has 0 bridgehead atoms. The van der Waals surface area contributed by atoms with E-state index in [1.54, 1.807) is 0 Å².